The summed E-state index contributed by atoms with van der Waals surface area (Å²) in [5, 5.41) is 7.76. The van der Waals surface area contributed by atoms with E-state index in [9.17, 15) is 13.6 Å². The van der Waals surface area contributed by atoms with E-state index < -0.39 is 12.3 Å². The molecular weight excluding hydrogens is 292 g/mol. The van der Waals surface area contributed by atoms with Crippen LogP contribution in [0.5, 0.6) is 0 Å². The summed E-state index contributed by atoms with van der Waals surface area (Å²) in [6.07, 6.45) is 3.40. The van der Waals surface area contributed by atoms with Crippen molar-refractivity contribution in [3.8, 4) is 0 Å². The Labute approximate surface area is 123 Å². The van der Waals surface area contributed by atoms with Gasteiger partial charge in [-0.3, -0.25) is 4.79 Å². The van der Waals surface area contributed by atoms with Gasteiger partial charge in [0.1, 0.15) is 11.3 Å². The quantitative estimate of drug-likeness (QED) is 0.745. The first kappa shape index (κ1) is 13.1. The van der Waals surface area contributed by atoms with Crippen LogP contribution in [0.25, 0.3) is 5.65 Å². The van der Waals surface area contributed by atoms with Crippen LogP contribution in [0.4, 0.5) is 8.78 Å². The van der Waals surface area contributed by atoms with Crippen LogP contribution in [0, 0.1) is 0 Å². The van der Waals surface area contributed by atoms with Gasteiger partial charge in [0.25, 0.3) is 12.3 Å². The SMILES string of the molecule is O=C(c1cnn2c(C(F)F)cc(C3CC3)nc12)n1cccn1. The van der Waals surface area contributed by atoms with E-state index >= 15 is 0 Å². The molecule has 1 aliphatic carbocycles. The summed E-state index contributed by atoms with van der Waals surface area (Å²) in [6, 6.07) is 2.99. The number of rotatable bonds is 3. The molecule has 1 aliphatic rings. The van der Waals surface area contributed by atoms with Gasteiger partial charge in [-0.1, -0.05) is 0 Å². The highest BCUT2D eigenvalue weighted by Crippen LogP contribution is 2.40. The molecule has 8 heteroatoms. The first-order chi connectivity index (χ1) is 10.6. The maximum Gasteiger partial charge on any atom is 0.283 e. The van der Waals surface area contributed by atoms with E-state index in [4.69, 9.17) is 0 Å². The molecule has 0 amide bonds. The van der Waals surface area contributed by atoms with Crippen molar-refractivity contribution in [3.05, 3.63) is 47.7 Å². The van der Waals surface area contributed by atoms with Crippen molar-refractivity contribution in [2.45, 2.75) is 25.2 Å². The zero-order chi connectivity index (χ0) is 15.3. The second-order valence-corrected chi connectivity index (χ2v) is 5.23. The predicted molar refractivity (Wildman–Crippen MR) is 71.9 cm³/mol. The van der Waals surface area contributed by atoms with Gasteiger partial charge < -0.3 is 0 Å². The molecule has 0 aliphatic heterocycles. The molecule has 0 spiro atoms. The Morgan fingerprint density at radius 1 is 1.32 bits per heavy atom. The number of nitrogens with zero attached hydrogens (tertiary/aromatic N) is 5. The van der Waals surface area contributed by atoms with Gasteiger partial charge in [-0.05, 0) is 25.0 Å². The van der Waals surface area contributed by atoms with Crippen molar-refractivity contribution < 1.29 is 13.6 Å². The number of hydrogen-bond donors (Lipinski definition) is 0. The van der Waals surface area contributed by atoms with Crippen molar-refractivity contribution in [2.75, 3.05) is 0 Å². The molecule has 0 unspecified atom stereocenters. The zero-order valence-corrected chi connectivity index (χ0v) is 11.4. The fraction of sp³-hybridized carbons (Fsp3) is 0.286. The van der Waals surface area contributed by atoms with Crippen LogP contribution in [0.3, 0.4) is 0 Å². The molecule has 0 atom stereocenters. The van der Waals surface area contributed by atoms with Crippen LogP contribution in [-0.2, 0) is 0 Å². The van der Waals surface area contributed by atoms with E-state index in [1.165, 1.54) is 24.7 Å². The van der Waals surface area contributed by atoms with Crippen molar-refractivity contribution in [3.63, 3.8) is 0 Å². The Morgan fingerprint density at radius 2 is 2.14 bits per heavy atom. The largest absolute Gasteiger partial charge is 0.283 e. The highest BCUT2D eigenvalue weighted by atomic mass is 19.3. The Morgan fingerprint density at radius 3 is 2.77 bits per heavy atom. The third-order valence-electron chi connectivity index (χ3n) is 3.68. The molecule has 4 rings (SSSR count). The van der Waals surface area contributed by atoms with E-state index in [-0.39, 0.29) is 22.8 Å². The van der Waals surface area contributed by atoms with Crippen LogP contribution < -0.4 is 0 Å². The van der Waals surface area contributed by atoms with E-state index in [1.807, 2.05) is 0 Å². The van der Waals surface area contributed by atoms with Crippen LogP contribution in [-0.4, -0.2) is 30.3 Å². The molecule has 1 saturated carbocycles. The predicted octanol–water partition coefficient (Wildman–Crippen LogP) is 2.43. The number of halogens is 2. The lowest BCUT2D eigenvalue weighted by Gasteiger charge is -2.07. The topological polar surface area (TPSA) is 65.1 Å². The number of alkyl halides is 2. The minimum Gasteiger partial charge on any atom is -0.267 e. The normalized spacial score (nSPS) is 14.9. The van der Waals surface area contributed by atoms with Crippen LogP contribution in [0.2, 0.25) is 0 Å². The van der Waals surface area contributed by atoms with Crippen LogP contribution >= 0.6 is 0 Å². The van der Waals surface area contributed by atoms with Crippen molar-refractivity contribution in [1.29, 1.82) is 0 Å². The molecule has 0 radical (unpaired) electrons. The Bertz CT molecular complexity index is 852. The lowest BCUT2D eigenvalue weighted by Crippen LogP contribution is -2.13. The van der Waals surface area contributed by atoms with Gasteiger partial charge in [-0.15, -0.1) is 0 Å². The Hall–Kier alpha value is -2.64. The summed E-state index contributed by atoms with van der Waals surface area (Å²) in [4.78, 5) is 16.8. The second-order valence-electron chi connectivity index (χ2n) is 5.23. The van der Waals surface area contributed by atoms with Gasteiger partial charge in [-0.2, -0.15) is 10.2 Å². The second kappa shape index (κ2) is 4.69. The number of hydrogen-bond acceptors (Lipinski definition) is 4. The lowest BCUT2D eigenvalue weighted by atomic mass is 10.2. The third kappa shape index (κ3) is 1.99. The molecule has 3 heterocycles. The highest BCUT2D eigenvalue weighted by Gasteiger charge is 2.29. The molecule has 3 aromatic rings. The van der Waals surface area contributed by atoms with Crippen LogP contribution in [0.1, 0.15) is 46.9 Å². The average molecular weight is 303 g/mol. The van der Waals surface area contributed by atoms with Crippen molar-refractivity contribution in [2.24, 2.45) is 0 Å². The number of fused-ring (bicyclic) bond motifs is 1. The molecule has 0 bridgehead atoms. The first-order valence-electron chi connectivity index (χ1n) is 6.86. The molecule has 0 saturated heterocycles. The van der Waals surface area contributed by atoms with E-state index in [0.717, 1.165) is 22.0 Å². The minimum absolute atomic E-state index is 0.153. The summed E-state index contributed by atoms with van der Waals surface area (Å²) in [5.74, 6) is -0.245. The maximum absolute atomic E-state index is 13.3. The van der Waals surface area contributed by atoms with E-state index in [0.29, 0.717) is 5.69 Å². The monoisotopic (exact) mass is 303 g/mol. The first-order valence-corrected chi connectivity index (χ1v) is 6.86. The van der Waals surface area contributed by atoms with Gasteiger partial charge in [-0.25, -0.2) is 23.0 Å². The highest BCUT2D eigenvalue weighted by molar-refractivity contribution is 6.00. The number of aromatic nitrogens is 5. The average Bonchev–Trinajstić information content (AvgIpc) is 3.05. The van der Waals surface area contributed by atoms with Gasteiger partial charge in [0.15, 0.2) is 5.65 Å². The summed E-state index contributed by atoms with van der Waals surface area (Å²) in [5.41, 5.74) is 0.664. The van der Waals surface area contributed by atoms with Crippen LogP contribution in [0.15, 0.2) is 30.7 Å². The standard InChI is InChI=1S/C14H11F2N5O/c15-12(16)11-6-10(8-2-3-8)19-13-9(7-18-21(11)13)14(22)20-5-1-4-17-20/h1,4-8,12H,2-3H2. The van der Waals surface area contributed by atoms with Crippen molar-refractivity contribution >= 4 is 11.6 Å². The Kier molecular flexibility index (Phi) is 2.78. The molecule has 6 nitrogen and oxygen atoms in total. The molecular formula is C14H11F2N5O. The fourth-order valence-corrected chi connectivity index (χ4v) is 2.41. The van der Waals surface area contributed by atoms with Gasteiger partial charge in [0.05, 0.1) is 6.20 Å². The minimum atomic E-state index is -2.68. The smallest absolute Gasteiger partial charge is 0.267 e. The van der Waals surface area contributed by atoms with Crippen molar-refractivity contribution in [1.82, 2.24) is 24.4 Å². The summed E-state index contributed by atoms with van der Waals surface area (Å²) < 4.78 is 28.7. The summed E-state index contributed by atoms with van der Waals surface area (Å²) in [6.45, 7) is 0. The third-order valence-corrected chi connectivity index (χ3v) is 3.68. The molecule has 3 aromatic heterocycles. The molecule has 22 heavy (non-hydrogen) atoms. The van der Waals surface area contributed by atoms with Gasteiger partial charge in [0, 0.05) is 24.0 Å². The number of carbonyl (C=O) groups excluding carboxylic acids is 1. The fourth-order valence-electron chi connectivity index (χ4n) is 2.41. The van der Waals surface area contributed by atoms with E-state index in [1.54, 1.807) is 6.07 Å². The molecule has 0 aromatic carbocycles. The lowest BCUT2D eigenvalue weighted by molar-refractivity contribution is 0.0946. The summed E-state index contributed by atoms with van der Waals surface area (Å²) in [7, 11) is 0. The van der Waals surface area contributed by atoms with Gasteiger partial charge >= 0.3 is 0 Å². The summed E-state index contributed by atoms with van der Waals surface area (Å²) >= 11 is 0. The number of carbonyl (C=O) groups is 1. The molecule has 0 N–H and O–H groups in total. The van der Waals surface area contributed by atoms with Gasteiger partial charge in [0.2, 0.25) is 0 Å². The maximum atomic E-state index is 13.3. The Balaban J connectivity index is 1.91. The van der Waals surface area contributed by atoms with E-state index in [2.05, 4.69) is 15.2 Å². The zero-order valence-electron chi connectivity index (χ0n) is 11.4. The molecule has 112 valence electrons. The molecule has 1 fully saturated rings.